The number of fused-ring (bicyclic) bond motifs is 1. The van der Waals surface area contributed by atoms with Gasteiger partial charge in [-0.1, -0.05) is 12.1 Å². The summed E-state index contributed by atoms with van der Waals surface area (Å²) in [6.07, 6.45) is 0.914. The number of aryl methyl sites for hydroxylation is 1. The number of anilines is 1. The lowest BCUT2D eigenvalue weighted by atomic mass is 9.90. The van der Waals surface area contributed by atoms with Crippen LogP contribution in [0.3, 0.4) is 0 Å². The summed E-state index contributed by atoms with van der Waals surface area (Å²) in [6, 6.07) is 11.4. The number of carbonyl (C=O) groups excluding carboxylic acids is 2. The van der Waals surface area contributed by atoms with Crippen LogP contribution in [0.1, 0.15) is 49.9 Å². The van der Waals surface area contributed by atoms with Crippen molar-refractivity contribution in [2.75, 3.05) is 38.2 Å². The maximum absolute atomic E-state index is 12.9. The lowest BCUT2D eigenvalue weighted by Gasteiger charge is -2.37. The van der Waals surface area contributed by atoms with Gasteiger partial charge in [0.1, 0.15) is 0 Å². The molecule has 3 rings (SSSR count). The first-order valence-electron chi connectivity index (χ1n) is 11.6. The molecule has 1 aliphatic heterocycles. The lowest BCUT2D eigenvalue weighted by molar-refractivity contribution is -0.145. The zero-order valence-electron chi connectivity index (χ0n) is 20.0. The molecule has 1 aliphatic rings. The molecule has 178 valence electrons. The minimum atomic E-state index is -0.286. The highest BCUT2D eigenvalue weighted by Crippen LogP contribution is 2.40. The average molecular weight is 455 g/mol. The van der Waals surface area contributed by atoms with Gasteiger partial charge in [0.2, 0.25) is 5.91 Å². The molecule has 0 saturated carbocycles. The maximum atomic E-state index is 12.9. The molecule has 0 aromatic heterocycles. The molecule has 1 N–H and O–H groups in total. The van der Waals surface area contributed by atoms with Crippen LogP contribution in [0.5, 0.6) is 11.5 Å². The maximum Gasteiger partial charge on any atom is 0.307 e. The largest absolute Gasteiger partial charge is 0.490 e. The van der Waals surface area contributed by atoms with Crippen LogP contribution in [0, 0.1) is 6.92 Å². The second-order valence-electron chi connectivity index (χ2n) is 8.03. The van der Waals surface area contributed by atoms with Gasteiger partial charge in [0.25, 0.3) is 0 Å². The molecular formula is C26H34N2O5. The first-order chi connectivity index (χ1) is 15.9. The molecule has 1 atom stereocenters. The van der Waals surface area contributed by atoms with Crippen molar-refractivity contribution in [3.8, 4) is 11.5 Å². The van der Waals surface area contributed by atoms with Gasteiger partial charge in [-0.25, -0.2) is 0 Å². The van der Waals surface area contributed by atoms with Gasteiger partial charge in [-0.15, -0.1) is 0 Å². The highest BCUT2D eigenvalue weighted by molar-refractivity contribution is 5.92. The summed E-state index contributed by atoms with van der Waals surface area (Å²) in [7, 11) is 0. The third kappa shape index (κ3) is 6.48. The lowest BCUT2D eigenvalue weighted by Crippen LogP contribution is -2.41. The number of nitrogens with one attached hydrogen (secondary N) is 1. The number of hydrogen-bond acceptors (Lipinski definition) is 6. The molecule has 0 spiro atoms. The van der Waals surface area contributed by atoms with Crippen molar-refractivity contribution >= 4 is 17.6 Å². The zero-order valence-corrected chi connectivity index (χ0v) is 20.0. The molecule has 0 fully saturated rings. The molecule has 7 nitrogen and oxygen atoms in total. The van der Waals surface area contributed by atoms with E-state index in [1.807, 2.05) is 62.1 Å². The van der Waals surface area contributed by atoms with Crippen molar-refractivity contribution in [2.45, 2.75) is 46.6 Å². The minimum absolute atomic E-state index is 0.117. The summed E-state index contributed by atoms with van der Waals surface area (Å²) < 4.78 is 16.8. The topological polar surface area (TPSA) is 77.1 Å². The summed E-state index contributed by atoms with van der Waals surface area (Å²) in [5.74, 6) is 0.955. The van der Waals surface area contributed by atoms with E-state index in [1.165, 1.54) is 0 Å². The Morgan fingerprint density at radius 3 is 2.42 bits per heavy atom. The third-order valence-electron chi connectivity index (χ3n) is 5.59. The van der Waals surface area contributed by atoms with Crippen LogP contribution in [-0.2, 0) is 20.7 Å². The van der Waals surface area contributed by atoms with E-state index in [9.17, 15) is 9.59 Å². The van der Waals surface area contributed by atoms with E-state index in [0.29, 0.717) is 37.9 Å². The van der Waals surface area contributed by atoms with E-state index in [4.69, 9.17) is 14.2 Å². The Bertz CT molecular complexity index is 975. The van der Waals surface area contributed by atoms with Gasteiger partial charge in [-0.05, 0) is 75.1 Å². The number of hydrogen-bond donors (Lipinski definition) is 1. The first-order valence-corrected chi connectivity index (χ1v) is 11.6. The Balaban J connectivity index is 1.87. The molecule has 0 unspecified atom stereocenters. The van der Waals surface area contributed by atoms with Gasteiger partial charge in [-0.2, -0.15) is 0 Å². The van der Waals surface area contributed by atoms with Crippen molar-refractivity contribution in [2.24, 2.45) is 0 Å². The average Bonchev–Trinajstić information content (AvgIpc) is 2.76. The Hall–Kier alpha value is -3.06. The van der Waals surface area contributed by atoms with Crippen molar-refractivity contribution in [3.05, 3.63) is 53.1 Å². The molecule has 0 radical (unpaired) electrons. The van der Waals surface area contributed by atoms with E-state index in [0.717, 1.165) is 28.8 Å². The monoisotopic (exact) mass is 454 g/mol. The SMILES string of the molecule is CCOC(=O)C[C@@H]1c2cc(OCC)c(OCC)cc2CCN1CC(=O)Nc1cccc(C)c1. The van der Waals surface area contributed by atoms with Gasteiger partial charge in [-0.3, -0.25) is 14.5 Å². The fourth-order valence-corrected chi connectivity index (χ4v) is 4.21. The number of ether oxygens (including phenoxy) is 3. The van der Waals surface area contributed by atoms with Crippen LogP contribution in [0.4, 0.5) is 5.69 Å². The van der Waals surface area contributed by atoms with Gasteiger partial charge in [0.05, 0.1) is 32.8 Å². The van der Waals surface area contributed by atoms with Crippen LogP contribution in [-0.4, -0.2) is 49.7 Å². The second-order valence-corrected chi connectivity index (χ2v) is 8.03. The molecule has 0 aliphatic carbocycles. The van der Waals surface area contributed by atoms with Crippen LogP contribution in [0.25, 0.3) is 0 Å². The molecular weight excluding hydrogens is 420 g/mol. The van der Waals surface area contributed by atoms with Gasteiger partial charge >= 0.3 is 5.97 Å². The van der Waals surface area contributed by atoms with E-state index in [2.05, 4.69) is 5.32 Å². The van der Waals surface area contributed by atoms with E-state index < -0.39 is 0 Å². The molecule has 1 amide bonds. The molecule has 33 heavy (non-hydrogen) atoms. The molecule has 0 saturated heterocycles. The summed E-state index contributed by atoms with van der Waals surface area (Å²) >= 11 is 0. The van der Waals surface area contributed by atoms with E-state index in [-0.39, 0.29) is 30.9 Å². The normalized spacial score (nSPS) is 15.5. The standard InChI is InChI=1S/C26H34N2O5/c1-5-31-23-14-19-11-12-28(17-25(29)27-20-10-8-9-18(4)13-20)22(16-26(30)33-7-3)21(19)15-24(23)32-6-2/h8-10,13-15,22H,5-7,11-12,16-17H2,1-4H3,(H,27,29)/t22-/m1/s1. The molecule has 1 heterocycles. The number of amides is 1. The highest BCUT2D eigenvalue weighted by atomic mass is 16.5. The number of nitrogens with zero attached hydrogens (tertiary/aromatic N) is 1. The van der Waals surface area contributed by atoms with Crippen molar-refractivity contribution < 1.29 is 23.8 Å². The first kappa shape index (κ1) is 24.6. The van der Waals surface area contributed by atoms with E-state index in [1.54, 1.807) is 6.92 Å². The van der Waals surface area contributed by atoms with Crippen LogP contribution < -0.4 is 14.8 Å². The van der Waals surface area contributed by atoms with Crippen LogP contribution in [0.15, 0.2) is 36.4 Å². The molecule has 2 aromatic rings. The Morgan fingerprint density at radius 2 is 1.76 bits per heavy atom. The van der Waals surface area contributed by atoms with Crippen molar-refractivity contribution in [1.82, 2.24) is 4.90 Å². The Morgan fingerprint density at radius 1 is 1.03 bits per heavy atom. The summed E-state index contributed by atoms with van der Waals surface area (Å²) in [5.41, 5.74) is 3.92. The fraction of sp³-hybridized carbons (Fsp3) is 0.462. The number of esters is 1. The third-order valence-corrected chi connectivity index (χ3v) is 5.59. The predicted octanol–water partition coefficient (Wildman–Crippen LogP) is 4.28. The number of carbonyl (C=O) groups is 2. The van der Waals surface area contributed by atoms with Crippen LogP contribution in [0.2, 0.25) is 0 Å². The Kier molecular flexibility index (Phi) is 8.72. The number of rotatable bonds is 10. The van der Waals surface area contributed by atoms with Crippen molar-refractivity contribution in [1.29, 1.82) is 0 Å². The summed E-state index contributed by atoms with van der Waals surface area (Å²) in [6.45, 7) is 9.83. The predicted molar refractivity (Wildman–Crippen MR) is 128 cm³/mol. The highest BCUT2D eigenvalue weighted by Gasteiger charge is 2.32. The summed E-state index contributed by atoms with van der Waals surface area (Å²) in [4.78, 5) is 27.4. The van der Waals surface area contributed by atoms with Crippen LogP contribution >= 0.6 is 0 Å². The molecule has 2 aromatic carbocycles. The zero-order chi connectivity index (χ0) is 23.8. The van der Waals surface area contributed by atoms with Gasteiger partial charge in [0, 0.05) is 18.3 Å². The Labute approximate surface area is 196 Å². The van der Waals surface area contributed by atoms with Crippen molar-refractivity contribution in [3.63, 3.8) is 0 Å². The van der Waals surface area contributed by atoms with Gasteiger partial charge < -0.3 is 19.5 Å². The minimum Gasteiger partial charge on any atom is -0.490 e. The van der Waals surface area contributed by atoms with Gasteiger partial charge in [0.15, 0.2) is 11.5 Å². The fourth-order valence-electron chi connectivity index (χ4n) is 4.21. The van der Waals surface area contributed by atoms with E-state index >= 15 is 0 Å². The smallest absolute Gasteiger partial charge is 0.307 e. The molecule has 7 heteroatoms. The second kappa shape index (κ2) is 11.7. The molecule has 0 bridgehead atoms. The number of benzene rings is 2. The summed E-state index contributed by atoms with van der Waals surface area (Å²) in [5, 5.41) is 2.97. The quantitative estimate of drug-likeness (QED) is 0.540.